The Labute approximate surface area is 101 Å². The summed E-state index contributed by atoms with van der Waals surface area (Å²) < 4.78 is 0. The second-order valence-corrected chi connectivity index (χ2v) is 5.40. The van der Waals surface area contributed by atoms with Gasteiger partial charge in [0.2, 0.25) is 5.91 Å². The first-order chi connectivity index (χ1) is 7.95. The SMILES string of the molecule is NC(=O)C1(O)CCC1(C(N)=O)C1CCCCC1. The minimum Gasteiger partial charge on any atom is -0.379 e. The summed E-state index contributed by atoms with van der Waals surface area (Å²) in [6, 6.07) is 0. The van der Waals surface area contributed by atoms with E-state index < -0.39 is 22.8 Å². The van der Waals surface area contributed by atoms with Gasteiger partial charge >= 0.3 is 0 Å². The molecule has 17 heavy (non-hydrogen) atoms. The van der Waals surface area contributed by atoms with E-state index in [1.165, 1.54) is 0 Å². The van der Waals surface area contributed by atoms with Gasteiger partial charge in [-0.15, -0.1) is 0 Å². The Morgan fingerprint density at radius 1 is 1.00 bits per heavy atom. The summed E-state index contributed by atoms with van der Waals surface area (Å²) in [5, 5.41) is 10.3. The maximum Gasteiger partial charge on any atom is 0.250 e. The summed E-state index contributed by atoms with van der Waals surface area (Å²) in [6.45, 7) is 0. The molecular formula is C12H20N2O3. The standard InChI is InChI=1S/C12H20N2O3/c13-9(15)11(8-4-2-1-3-5-8)6-7-12(11,17)10(14)16/h8,17H,1-7H2,(H2,13,15)(H2,14,16). The first-order valence-electron chi connectivity index (χ1n) is 6.27. The summed E-state index contributed by atoms with van der Waals surface area (Å²) in [4.78, 5) is 23.2. The highest BCUT2D eigenvalue weighted by Crippen LogP contribution is 2.58. The molecule has 0 spiro atoms. The van der Waals surface area contributed by atoms with Crippen molar-refractivity contribution in [2.45, 2.75) is 50.5 Å². The molecule has 2 aliphatic carbocycles. The van der Waals surface area contributed by atoms with Crippen LogP contribution in [0.25, 0.3) is 0 Å². The minimum atomic E-state index is -1.72. The lowest BCUT2D eigenvalue weighted by atomic mass is 9.48. The van der Waals surface area contributed by atoms with Gasteiger partial charge in [0.1, 0.15) is 0 Å². The fourth-order valence-corrected chi connectivity index (χ4v) is 3.64. The summed E-state index contributed by atoms with van der Waals surface area (Å²) in [7, 11) is 0. The van der Waals surface area contributed by atoms with Gasteiger partial charge in [0.05, 0.1) is 5.41 Å². The fourth-order valence-electron chi connectivity index (χ4n) is 3.64. The van der Waals surface area contributed by atoms with Crippen LogP contribution in [0.4, 0.5) is 0 Å². The molecule has 0 saturated heterocycles. The molecule has 0 heterocycles. The molecule has 0 aromatic rings. The van der Waals surface area contributed by atoms with Gasteiger partial charge in [-0.3, -0.25) is 9.59 Å². The van der Waals surface area contributed by atoms with Gasteiger partial charge in [0.25, 0.3) is 5.91 Å². The number of amides is 2. The Morgan fingerprint density at radius 3 is 1.94 bits per heavy atom. The number of nitrogens with two attached hydrogens (primary N) is 2. The van der Waals surface area contributed by atoms with Crippen LogP contribution < -0.4 is 11.5 Å². The van der Waals surface area contributed by atoms with Crippen LogP contribution in [0.3, 0.4) is 0 Å². The summed E-state index contributed by atoms with van der Waals surface area (Å²) in [5.41, 5.74) is 7.89. The molecule has 0 aromatic heterocycles. The lowest BCUT2D eigenvalue weighted by Crippen LogP contribution is -2.72. The van der Waals surface area contributed by atoms with Crippen molar-refractivity contribution >= 4 is 11.8 Å². The molecule has 0 radical (unpaired) electrons. The van der Waals surface area contributed by atoms with Crippen molar-refractivity contribution in [3.8, 4) is 0 Å². The number of carbonyl (C=O) groups excluding carboxylic acids is 2. The van der Waals surface area contributed by atoms with E-state index in [0.29, 0.717) is 6.42 Å². The molecule has 5 N–H and O–H groups in total. The zero-order chi connectivity index (χ0) is 12.7. The van der Waals surface area contributed by atoms with Crippen molar-refractivity contribution in [2.24, 2.45) is 22.8 Å². The second-order valence-electron chi connectivity index (χ2n) is 5.40. The van der Waals surface area contributed by atoms with Crippen LogP contribution in [0.15, 0.2) is 0 Å². The number of carbonyl (C=O) groups is 2. The van der Waals surface area contributed by atoms with Crippen LogP contribution in [0.1, 0.15) is 44.9 Å². The van der Waals surface area contributed by atoms with E-state index in [-0.39, 0.29) is 12.3 Å². The number of aliphatic hydroxyl groups is 1. The smallest absolute Gasteiger partial charge is 0.250 e. The summed E-state index contributed by atoms with van der Waals surface area (Å²) in [6.07, 6.45) is 5.61. The first kappa shape index (κ1) is 12.4. The third-order valence-electron chi connectivity index (χ3n) is 4.77. The fraction of sp³-hybridized carbons (Fsp3) is 0.833. The van der Waals surface area contributed by atoms with Crippen molar-refractivity contribution in [1.82, 2.24) is 0 Å². The van der Waals surface area contributed by atoms with Gasteiger partial charge in [-0.2, -0.15) is 0 Å². The first-order valence-corrected chi connectivity index (χ1v) is 6.27. The van der Waals surface area contributed by atoms with Gasteiger partial charge in [-0.05, 0) is 31.6 Å². The lowest BCUT2D eigenvalue weighted by molar-refractivity contribution is -0.204. The summed E-state index contributed by atoms with van der Waals surface area (Å²) in [5.74, 6) is -1.38. The van der Waals surface area contributed by atoms with Crippen molar-refractivity contribution in [3.63, 3.8) is 0 Å². The lowest BCUT2D eigenvalue weighted by Gasteiger charge is -2.56. The van der Waals surface area contributed by atoms with Crippen molar-refractivity contribution in [3.05, 3.63) is 0 Å². The van der Waals surface area contributed by atoms with Crippen LogP contribution in [0.5, 0.6) is 0 Å². The molecule has 0 aliphatic heterocycles. The zero-order valence-corrected chi connectivity index (χ0v) is 9.95. The molecule has 2 rings (SSSR count). The monoisotopic (exact) mass is 240 g/mol. The second kappa shape index (κ2) is 3.98. The molecule has 2 fully saturated rings. The molecule has 0 aromatic carbocycles. The highest BCUT2D eigenvalue weighted by molar-refractivity contribution is 5.96. The summed E-state index contributed by atoms with van der Waals surface area (Å²) >= 11 is 0. The normalized spacial score (nSPS) is 38.4. The number of hydrogen-bond acceptors (Lipinski definition) is 3. The molecule has 2 unspecified atom stereocenters. The quantitative estimate of drug-likeness (QED) is 0.648. The molecule has 5 heteroatoms. The molecule has 2 saturated carbocycles. The molecule has 2 aliphatic rings. The Bertz CT molecular complexity index is 352. The average molecular weight is 240 g/mol. The van der Waals surface area contributed by atoms with Crippen molar-refractivity contribution in [2.75, 3.05) is 0 Å². The molecule has 2 amide bonds. The maximum atomic E-state index is 11.8. The average Bonchev–Trinajstić information content (AvgIpc) is 2.28. The zero-order valence-electron chi connectivity index (χ0n) is 9.95. The highest BCUT2D eigenvalue weighted by Gasteiger charge is 2.68. The van der Waals surface area contributed by atoms with Gasteiger partial charge in [0.15, 0.2) is 5.60 Å². The Hall–Kier alpha value is -1.10. The van der Waals surface area contributed by atoms with E-state index in [1.807, 2.05) is 0 Å². The van der Waals surface area contributed by atoms with Crippen molar-refractivity contribution < 1.29 is 14.7 Å². The van der Waals surface area contributed by atoms with Crippen LogP contribution in [0, 0.1) is 11.3 Å². The van der Waals surface area contributed by atoms with Crippen LogP contribution in [0.2, 0.25) is 0 Å². The molecule has 2 atom stereocenters. The number of primary amides is 2. The Balaban J connectivity index is 2.33. The Morgan fingerprint density at radius 2 is 1.59 bits per heavy atom. The van der Waals surface area contributed by atoms with Crippen LogP contribution in [-0.4, -0.2) is 22.5 Å². The van der Waals surface area contributed by atoms with E-state index >= 15 is 0 Å². The predicted molar refractivity (Wildman–Crippen MR) is 61.6 cm³/mol. The van der Waals surface area contributed by atoms with Crippen LogP contribution >= 0.6 is 0 Å². The number of hydrogen-bond donors (Lipinski definition) is 3. The third kappa shape index (κ3) is 1.48. The topological polar surface area (TPSA) is 106 Å². The largest absolute Gasteiger partial charge is 0.379 e. The number of rotatable bonds is 3. The predicted octanol–water partition coefficient (Wildman–Crippen LogP) is 0.0486. The third-order valence-corrected chi connectivity index (χ3v) is 4.77. The van der Waals surface area contributed by atoms with Gasteiger partial charge in [-0.25, -0.2) is 0 Å². The van der Waals surface area contributed by atoms with Crippen molar-refractivity contribution in [1.29, 1.82) is 0 Å². The molecule has 0 bridgehead atoms. The molecular weight excluding hydrogens is 220 g/mol. The van der Waals surface area contributed by atoms with E-state index in [1.54, 1.807) is 0 Å². The van der Waals surface area contributed by atoms with E-state index in [0.717, 1.165) is 32.1 Å². The molecule has 96 valence electrons. The van der Waals surface area contributed by atoms with Gasteiger partial charge in [-0.1, -0.05) is 19.3 Å². The van der Waals surface area contributed by atoms with E-state index in [9.17, 15) is 14.7 Å². The van der Waals surface area contributed by atoms with Crippen LogP contribution in [-0.2, 0) is 9.59 Å². The van der Waals surface area contributed by atoms with Gasteiger partial charge < -0.3 is 16.6 Å². The van der Waals surface area contributed by atoms with Gasteiger partial charge in [0, 0.05) is 0 Å². The van der Waals surface area contributed by atoms with E-state index in [4.69, 9.17) is 11.5 Å². The highest BCUT2D eigenvalue weighted by atomic mass is 16.3. The van der Waals surface area contributed by atoms with E-state index in [2.05, 4.69) is 0 Å². The Kier molecular flexibility index (Phi) is 2.89. The molecule has 5 nitrogen and oxygen atoms in total. The minimum absolute atomic E-state index is 0.000000000000000666. The maximum absolute atomic E-state index is 11.8.